The monoisotopic (exact) mass is 341 g/mol. The number of carbonyl (C=O) groups excluding carboxylic acids is 2. The summed E-state index contributed by atoms with van der Waals surface area (Å²) in [4.78, 5) is 27.2. The summed E-state index contributed by atoms with van der Waals surface area (Å²) in [5, 5.41) is 4.17. The number of nitrogens with zero attached hydrogens (tertiary/aromatic N) is 3. The van der Waals surface area contributed by atoms with E-state index in [1.807, 2.05) is 37.4 Å². The van der Waals surface area contributed by atoms with E-state index in [0.29, 0.717) is 38.1 Å². The molecular formula is C19H23N3O3. The zero-order valence-corrected chi connectivity index (χ0v) is 14.6. The predicted octanol–water partition coefficient (Wildman–Crippen LogP) is 2.16. The number of Topliss-reactive ketones (excluding diaryl/α,β-unsaturated/α-hetero) is 1. The van der Waals surface area contributed by atoms with Gasteiger partial charge in [0.2, 0.25) is 5.91 Å². The highest BCUT2D eigenvalue weighted by molar-refractivity contribution is 6.01. The Morgan fingerprint density at radius 2 is 2.16 bits per heavy atom. The summed E-state index contributed by atoms with van der Waals surface area (Å²) in [7, 11) is 3.49. The topological polar surface area (TPSA) is 64.4 Å². The maximum Gasteiger partial charge on any atom is 0.230 e. The molecule has 1 aliphatic carbocycles. The molecule has 0 saturated heterocycles. The van der Waals surface area contributed by atoms with Gasteiger partial charge in [0, 0.05) is 38.9 Å². The Kier molecular flexibility index (Phi) is 5.28. The lowest BCUT2D eigenvalue weighted by molar-refractivity contribution is -0.134. The van der Waals surface area contributed by atoms with Gasteiger partial charge in [0.1, 0.15) is 0 Å². The van der Waals surface area contributed by atoms with Crippen LogP contribution in [0.4, 0.5) is 0 Å². The Balaban J connectivity index is 1.86. The number of methoxy groups -OCH3 is 1. The molecule has 0 spiro atoms. The van der Waals surface area contributed by atoms with Crippen LogP contribution in [0.15, 0.2) is 36.5 Å². The number of ketones is 1. The molecule has 0 N–H and O–H groups in total. The molecule has 3 rings (SSSR count). The molecule has 6 heteroatoms. The number of ether oxygens (including phenoxy) is 1. The molecule has 0 aliphatic heterocycles. The molecular weight excluding hydrogens is 318 g/mol. The van der Waals surface area contributed by atoms with Crippen molar-refractivity contribution >= 4 is 11.7 Å². The van der Waals surface area contributed by atoms with Crippen molar-refractivity contribution in [2.45, 2.75) is 25.3 Å². The summed E-state index contributed by atoms with van der Waals surface area (Å²) in [5.41, 5.74) is 2.49. The van der Waals surface area contributed by atoms with Crippen LogP contribution in [0, 0.1) is 0 Å². The lowest BCUT2D eigenvalue weighted by Gasteiger charge is -2.30. The molecule has 2 aromatic rings. The summed E-state index contributed by atoms with van der Waals surface area (Å²) >= 11 is 0. The molecule has 1 aliphatic rings. The molecule has 1 aromatic carbocycles. The number of carbonyl (C=O) groups is 2. The van der Waals surface area contributed by atoms with E-state index in [1.54, 1.807) is 22.9 Å². The van der Waals surface area contributed by atoms with Crippen LogP contribution in [0.2, 0.25) is 0 Å². The second kappa shape index (κ2) is 7.61. The number of hydrogen-bond donors (Lipinski definition) is 0. The van der Waals surface area contributed by atoms with Crippen molar-refractivity contribution in [1.29, 1.82) is 0 Å². The first kappa shape index (κ1) is 17.4. The van der Waals surface area contributed by atoms with E-state index < -0.39 is 0 Å². The van der Waals surface area contributed by atoms with E-state index in [-0.39, 0.29) is 17.6 Å². The molecule has 0 saturated carbocycles. The molecule has 1 aromatic heterocycles. The zero-order valence-electron chi connectivity index (χ0n) is 14.6. The minimum Gasteiger partial charge on any atom is -0.383 e. The minimum atomic E-state index is -0.279. The fourth-order valence-electron chi connectivity index (χ4n) is 3.32. The van der Waals surface area contributed by atoms with Gasteiger partial charge in [-0.25, -0.2) is 0 Å². The van der Waals surface area contributed by atoms with Gasteiger partial charge in [0.05, 0.1) is 24.8 Å². The van der Waals surface area contributed by atoms with E-state index in [4.69, 9.17) is 4.74 Å². The number of amides is 1. The third kappa shape index (κ3) is 3.64. The summed E-state index contributed by atoms with van der Waals surface area (Å²) in [6.07, 6.45) is 2.70. The van der Waals surface area contributed by atoms with Crippen LogP contribution < -0.4 is 0 Å². The maximum absolute atomic E-state index is 13.2. The van der Waals surface area contributed by atoms with Gasteiger partial charge in [-0.3, -0.25) is 14.3 Å². The highest BCUT2D eigenvalue weighted by Gasteiger charge is 2.33. The van der Waals surface area contributed by atoms with Crippen molar-refractivity contribution in [2.75, 3.05) is 20.3 Å². The van der Waals surface area contributed by atoms with Gasteiger partial charge in [-0.05, 0) is 18.1 Å². The molecule has 25 heavy (non-hydrogen) atoms. The van der Waals surface area contributed by atoms with Crippen molar-refractivity contribution in [3.05, 3.63) is 53.3 Å². The van der Waals surface area contributed by atoms with E-state index in [9.17, 15) is 9.59 Å². The molecule has 1 heterocycles. The van der Waals surface area contributed by atoms with Crippen LogP contribution in [0.1, 0.15) is 40.4 Å². The van der Waals surface area contributed by atoms with E-state index >= 15 is 0 Å². The van der Waals surface area contributed by atoms with Gasteiger partial charge in [-0.1, -0.05) is 24.3 Å². The van der Waals surface area contributed by atoms with E-state index in [1.165, 1.54) is 0 Å². The molecule has 1 atom stereocenters. The maximum atomic E-state index is 13.2. The number of hydrogen-bond acceptors (Lipinski definition) is 4. The Morgan fingerprint density at radius 1 is 1.36 bits per heavy atom. The molecule has 0 unspecified atom stereocenters. The van der Waals surface area contributed by atoms with E-state index in [0.717, 1.165) is 11.3 Å². The summed E-state index contributed by atoms with van der Waals surface area (Å²) < 4.78 is 6.94. The standard InChI is InChI=1S/C19H23N3O3/c1-21-14(9-10-20-21)13-22(11-12-25-2)19(24)17-7-8-18(23)16-6-4-3-5-15(16)17/h3-6,9-10,17H,7-8,11-13H2,1-2H3/t17-/m1/s1. The van der Waals surface area contributed by atoms with Crippen molar-refractivity contribution in [1.82, 2.24) is 14.7 Å². The lowest BCUT2D eigenvalue weighted by atomic mass is 9.81. The van der Waals surface area contributed by atoms with Gasteiger partial charge in [-0.2, -0.15) is 5.10 Å². The molecule has 1 amide bonds. The molecule has 6 nitrogen and oxygen atoms in total. The van der Waals surface area contributed by atoms with Gasteiger partial charge in [-0.15, -0.1) is 0 Å². The predicted molar refractivity (Wildman–Crippen MR) is 93.2 cm³/mol. The van der Waals surface area contributed by atoms with Crippen LogP contribution in [0.25, 0.3) is 0 Å². The summed E-state index contributed by atoms with van der Waals surface area (Å²) in [5.74, 6) is -0.119. The molecule has 0 bridgehead atoms. The van der Waals surface area contributed by atoms with Crippen molar-refractivity contribution in [3.8, 4) is 0 Å². The quantitative estimate of drug-likeness (QED) is 0.808. The SMILES string of the molecule is COCCN(Cc1ccnn1C)C(=O)[C@@H]1CCC(=O)c2ccccc21. The lowest BCUT2D eigenvalue weighted by Crippen LogP contribution is -2.39. The number of benzene rings is 1. The van der Waals surface area contributed by atoms with Crippen molar-refractivity contribution in [2.24, 2.45) is 7.05 Å². The average Bonchev–Trinajstić information content (AvgIpc) is 3.03. The average molecular weight is 341 g/mol. The number of aryl methyl sites for hydroxylation is 1. The second-order valence-corrected chi connectivity index (χ2v) is 6.30. The number of fused-ring (bicyclic) bond motifs is 1. The molecule has 0 fully saturated rings. The largest absolute Gasteiger partial charge is 0.383 e. The van der Waals surface area contributed by atoms with Crippen LogP contribution in [0.3, 0.4) is 0 Å². The zero-order chi connectivity index (χ0) is 17.8. The minimum absolute atomic E-state index is 0.0400. The Bertz CT molecular complexity index is 769. The van der Waals surface area contributed by atoms with Crippen molar-refractivity contribution in [3.63, 3.8) is 0 Å². The number of rotatable bonds is 6. The van der Waals surface area contributed by atoms with E-state index in [2.05, 4.69) is 5.10 Å². The van der Waals surface area contributed by atoms with Crippen molar-refractivity contribution < 1.29 is 14.3 Å². The number of aromatic nitrogens is 2. The first-order chi connectivity index (χ1) is 12.1. The van der Waals surface area contributed by atoms with Gasteiger partial charge in [0.15, 0.2) is 5.78 Å². The Morgan fingerprint density at radius 3 is 2.88 bits per heavy atom. The fourth-order valence-corrected chi connectivity index (χ4v) is 3.32. The van der Waals surface area contributed by atoms with Gasteiger partial charge < -0.3 is 9.64 Å². The highest BCUT2D eigenvalue weighted by Crippen LogP contribution is 2.33. The fraction of sp³-hybridized carbons (Fsp3) is 0.421. The van der Waals surface area contributed by atoms with Gasteiger partial charge in [0.25, 0.3) is 0 Å². The first-order valence-electron chi connectivity index (χ1n) is 8.48. The normalized spacial score (nSPS) is 16.6. The van der Waals surface area contributed by atoms with Crippen LogP contribution in [-0.2, 0) is 23.1 Å². The third-order valence-electron chi connectivity index (χ3n) is 4.75. The Hall–Kier alpha value is -2.47. The highest BCUT2D eigenvalue weighted by atomic mass is 16.5. The van der Waals surface area contributed by atoms with Gasteiger partial charge >= 0.3 is 0 Å². The molecule has 132 valence electrons. The third-order valence-corrected chi connectivity index (χ3v) is 4.75. The summed E-state index contributed by atoms with van der Waals surface area (Å²) in [6.45, 7) is 1.45. The smallest absolute Gasteiger partial charge is 0.230 e. The molecule has 0 radical (unpaired) electrons. The second-order valence-electron chi connectivity index (χ2n) is 6.30. The van der Waals surface area contributed by atoms with Crippen LogP contribution >= 0.6 is 0 Å². The summed E-state index contributed by atoms with van der Waals surface area (Å²) in [6, 6.07) is 9.36. The van der Waals surface area contributed by atoms with Crippen LogP contribution in [-0.4, -0.2) is 46.6 Å². The Labute approximate surface area is 147 Å². The van der Waals surface area contributed by atoms with Crippen LogP contribution in [0.5, 0.6) is 0 Å². The first-order valence-corrected chi connectivity index (χ1v) is 8.48.